The highest BCUT2D eigenvalue weighted by molar-refractivity contribution is 8.00. The van der Waals surface area contributed by atoms with Crippen molar-refractivity contribution in [3.8, 4) is 11.1 Å². The molecule has 0 bridgehead atoms. The smallest absolute Gasteiger partial charge is 0.338 e. The van der Waals surface area contributed by atoms with Gasteiger partial charge in [0.1, 0.15) is 11.5 Å². The number of ether oxygens (including phenoxy) is 4. The normalized spacial score (nSPS) is 20.5. The molecule has 200 valence electrons. The average molecular weight is 541 g/mol. The Kier molecular flexibility index (Phi) is 9.46. The van der Waals surface area contributed by atoms with E-state index < -0.39 is 18.2 Å². The highest BCUT2D eigenvalue weighted by Crippen LogP contribution is 2.39. The first-order valence-electron chi connectivity index (χ1n) is 13.0. The van der Waals surface area contributed by atoms with E-state index in [4.69, 9.17) is 18.9 Å². The van der Waals surface area contributed by atoms with Gasteiger partial charge in [0.25, 0.3) is 0 Å². The first-order chi connectivity index (χ1) is 19.2. The van der Waals surface area contributed by atoms with E-state index in [9.17, 15) is 4.79 Å². The predicted octanol–water partition coefficient (Wildman–Crippen LogP) is 6.77. The fourth-order valence-electron chi connectivity index (χ4n) is 4.60. The van der Waals surface area contributed by atoms with Gasteiger partial charge in [0.05, 0.1) is 30.6 Å². The van der Waals surface area contributed by atoms with Crippen LogP contribution in [-0.2, 0) is 32.2 Å². The number of carbonyl (C=O) groups is 1. The molecular formula is C33H32O5S. The van der Waals surface area contributed by atoms with Crippen LogP contribution in [-0.4, -0.2) is 42.6 Å². The molecule has 0 radical (unpaired) electrons. The standard InChI is InChI=1S/C33H32O5S/c1-35-33-31(38-32(34)28-19-17-27(18-20-28)26-15-9-4-10-16-26)30(37-22-25-13-7-3-8-14-25)29(39-33)23-36-21-24-11-5-2-6-12-24/h2-20,29-31,33H,21-23H2,1H3/t29-,30-,31+,33?/m1/s1. The topological polar surface area (TPSA) is 54.0 Å². The monoisotopic (exact) mass is 540 g/mol. The Hall–Kier alpha value is -3.42. The Bertz CT molecular complexity index is 1300. The van der Waals surface area contributed by atoms with Gasteiger partial charge in [-0.2, -0.15) is 0 Å². The molecule has 1 heterocycles. The second-order valence-electron chi connectivity index (χ2n) is 9.35. The third kappa shape index (κ3) is 7.16. The number of esters is 1. The largest absolute Gasteiger partial charge is 0.452 e. The first-order valence-corrected chi connectivity index (χ1v) is 14.0. The van der Waals surface area contributed by atoms with Crippen LogP contribution >= 0.6 is 11.8 Å². The van der Waals surface area contributed by atoms with Crippen molar-refractivity contribution in [1.29, 1.82) is 0 Å². The lowest BCUT2D eigenvalue weighted by Gasteiger charge is -2.25. The van der Waals surface area contributed by atoms with Crippen molar-refractivity contribution >= 4 is 17.7 Å². The van der Waals surface area contributed by atoms with E-state index in [2.05, 4.69) is 0 Å². The molecule has 0 saturated carbocycles. The highest BCUT2D eigenvalue weighted by Gasteiger charge is 2.48. The van der Waals surface area contributed by atoms with Crippen LogP contribution in [0.15, 0.2) is 115 Å². The zero-order valence-corrected chi connectivity index (χ0v) is 22.7. The van der Waals surface area contributed by atoms with E-state index in [1.165, 1.54) is 0 Å². The van der Waals surface area contributed by atoms with Crippen molar-refractivity contribution in [2.75, 3.05) is 13.7 Å². The van der Waals surface area contributed by atoms with Crippen molar-refractivity contribution in [1.82, 2.24) is 0 Å². The maximum Gasteiger partial charge on any atom is 0.338 e. The summed E-state index contributed by atoms with van der Waals surface area (Å²) in [7, 11) is 1.63. The molecule has 1 aliphatic heterocycles. The van der Waals surface area contributed by atoms with Crippen LogP contribution in [0.25, 0.3) is 11.1 Å². The van der Waals surface area contributed by atoms with Crippen LogP contribution < -0.4 is 0 Å². The van der Waals surface area contributed by atoms with E-state index >= 15 is 0 Å². The number of benzene rings is 4. The maximum atomic E-state index is 13.3. The van der Waals surface area contributed by atoms with Gasteiger partial charge in [-0.05, 0) is 34.4 Å². The molecule has 5 rings (SSSR count). The lowest BCUT2D eigenvalue weighted by molar-refractivity contribution is -0.0862. The fraction of sp³-hybridized carbons (Fsp3) is 0.242. The van der Waals surface area contributed by atoms with Crippen LogP contribution in [0.5, 0.6) is 0 Å². The highest BCUT2D eigenvalue weighted by atomic mass is 32.2. The maximum absolute atomic E-state index is 13.3. The minimum absolute atomic E-state index is 0.0689. The molecule has 39 heavy (non-hydrogen) atoms. The van der Waals surface area contributed by atoms with Gasteiger partial charge in [-0.1, -0.05) is 103 Å². The molecule has 0 aliphatic carbocycles. The summed E-state index contributed by atoms with van der Waals surface area (Å²) in [6, 6.07) is 37.6. The van der Waals surface area contributed by atoms with Crippen LogP contribution in [0.2, 0.25) is 0 Å². The van der Waals surface area contributed by atoms with Gasteiger partial charge >= 0.3 is 5.97 Å². The summed E-state index contributed by atoms with van der Waals surface area (Å²) in [4.78, 5) is 13.3. The van der Waals surface area contributed by atoms with Gasteiger partial charge in [0.2, 0.25) is 0 Å². The Morgan fingerprint density at radius 1 is 0.692 bits per heavy atom. The minimum Gasteiger partial charge on any atom is -0.452 e. The summed E-state index contributed by atoms with van der Waals surface area (Å²) in [5.74, 6) is -0.401. The number of carbonyl (C=O) groups excluding carboxylic acids is 1. The first kappa shape index (κ1) is 27.2. The van der Waals surface area contributed by atoms with E-state index in [0.717, 1.165) is 22.3 Å². The van der Waals surface area contributed by atoms with Gasteiger partial charge in [-0.15, -0.1) is 11.8 Å². The van der Waals surface area contributed by atoms with Crippen molar-refractivity contribution in [2.24, 2.45) is 0 Å². The lowest BCUT2D eigenvalue weighted by atomic mass is 10.0. The summed E-state index contributed by atoms with van der Waals surface area (Å²) < 4.78 is 24.3. The molecule has 5 nitrogen and oxygen atoms in total. The Balaban J connectivity index is 1.29. The summed E-state index contributed by atoms with van der Waals surface area (Å²) in [6.45, 7) is 1.34. The SMILES string of the molecule is COC1S[C@H](COCc2ccccc2)[C@@H](OCc2ccccc2)[C@@H]1OC(=O)c1ccc(-c2ccccc2)cc1. The summed E-state index contributed by atoms with van der Waals surface area (Å²) in [5, 5.41) is -0.0689. The molecule has 0 N–H and O–H groups in total. The summed E-state index contributed by atoms with van der Waals surface area (Å²) in [5.41, 5.74) is 4.40. The van der Waals surface area contributed by atoms with Crippen molar-refractivity contribution in [2.45, 2.75) is 36.1 Å². The van der Waals surface area contributed by atoms with Crippen LogP contribution in [0, 0.1) is 0 Å². The number of rotatable bonds is 11. The Labute approximate surface area is 234 Å². The zero-order chi connectivity index (χ0) is 26.9. The molecule has 1 saturated heterocycles. The van der Waals surface area contributed by atoms with Crippen LogP contribution in [0.4, 0.5) is 0 Å². The number of hydrogen-bond acceptors (Lipinski definition) is 6. The molecule has 1 fully saturated rings. The van der Waals surface area contributed by atoms with Crippen molar-refractivity contribution < 1.29 is 23.7 Å². The van der Waals surface area contributed by atoms with Crippen molar-refractivity contribution in [3.63, 3.8) is 0 Å². The molecular weight excluding hydrogens is 508 g/mol. The van der Waals surface area contributed by atoms with E-state index in [1.54, 1.807) is 31.0 Å². The molecule has 6 heteroatoms. The molecule has 4 atom stereocenters. The zero-order valence-electron chi connectivity index (χ0n) is 21.8. The van der Waals surface area contributed by atoms with Crippen LogP contribution in [0.3, 0.4) is 0 Å². The van der Waals surface area contributed by atoms with Gasteiger partial charge in [0, 0.05) is 7.11 Å². The Morgan fingerprint density at radius 2 is 1.26 bits per heavy atom. The van der Waals surface area contributed by atoms with Gasteiger partial charge in [-0.3, -0.25) is 0 Å². The predicted molar refractivity (Wildman–Crippen MR) is 154 cm³/mol. The van der Waals surface area contributed by atoms with E-state index in [0.29, 0.717) is 25.4 Å². The quantitative estimate of drug-likeness (QED) is 0.196. The molecule has 4 aromatic carbocycles. The van der Waals surface area contributed by atoms with E-state index in [1.807, 2.05) is 103 Å². The van der Waals surface area contributed by atoms with Gasteiger partial charge in [-0.25, -0.2) is 4.79 Å². The second-order valence-corrected chi connectivity index (χ2v) is 10.7. The molecule has 0 spiro atoms. The number of thioether (sulfide) groups is 1. The number of hydrogen-bond donors (Lipinski definition) is 0. The fourth-order valence-corrected chi connectivity index (χ4v) is 5.98. The number of methoxy groups -OCH3 is 1. The van der Waals surface area contributed by atoms with Crippen LogP contribution in [0.1, 0.15) is 21.5 Å². The Morgan fingerprint density at radius 3 is 1.87 bits per heavy atom. The van der Waals surface area contributed by atoms with Crippen molar-refractivity contribution in [3.05, 3.63) is 132 Å². The van der Waals surface area contributed by atoms with Gasteiger partial charge in [0.15, 0.2) is 6.10 Å². The molecule has 1 unspecified atom stereocenters. The molecule has 0 amide bonds. The summed E-state index contributed by atoms with van der Waals surface area (Å²) in [6.07, 6.45) is -0.987. The third-order valence-corrected chi connectivity index (χ3v) is 8.13. The second kappa shape index (κ2) is 13.6. The molecule has 0 aromatic heterocycles. The summed E-state index contributed by atoms with van der Waals surface area (Å²) >= 11 is 1.58. The minimum atomic E-state index is -0.588. The molecule has 4 aromatic rings. The van der Waals surface area contributed by atoms with E-state index in [-0.39, 0.29) is 10.7 Å². The van der Waals surface area contributed by atoms with Gasteiger partial charge < -0.3 is 18.9 Å². The average Bonchev–Trinajstić information content (AvgIpc) is 3.33. The molecule has 1 aliphatic rings. The lowest BCUT2D eigenvalue weighted by Crippen LogP contribution is -2.40. The third-order valence-electron chi connectivity index (χ3n) is 6.65.